The van der Waals surface area contributed by atoms with E-state index in [-0.39, 0.29) is 6.04 Å². The number of anilines is 1. The van der Waals surface area contributed by atoms with Gasteiger partial charge in [0.15, 0.2) is 0 Å². The molecule has 2 atom stereocenters. The Morgan fingerprint density at radius 2 is 2.15 bits per heavy atom. The molecule has 2 unspecified atom stereocenters. The van der Waals surface area contributed by atoms with Crippen LogP contribution < -0.4 is 10.2 Å². The number of nitriles is 1. The van der Waals surface area contributed by atoms with E-state index in [9.17, 15) is 0 Å². The van der Waals surface area contributed by atoms with Gasteiger partial charge in [-0.05, 0) is 38.4 Å². The molecule has 0 aliphatic rings. The van der Waals surface area contributed by atoms with Crippen molar-refractivity contribution >= 4 is 5.69 Å². The number of aromatic nitrogens is 1. The van der Waals surface area contributed by atoms with Crippen molar-refractivity contribution in [1.29, 1.82) is 5.26 Å². The molecule has 1 aromatic rings. The van der Waals surface area contributed by atoms with Crippen LogP contribution in [-0.4, -0.2) is 24.6 Å². The number of hydrogen-bond donors (Lipinski definition) is 1. The zero-order valence-electron chi connectivity index (χ0n) is 13.1. The summed E-state index contributed by atoms with van der Waals surface area (Å²) in [6, 6.07) is 6.91. The highest BCUT2D eigenvalue weighted by Crippen LogP contribution is 2.19. The van der Waals surface area contributed by atoms with Crippen molar-refractivity contribution in [3.8, 4) is 6.07 Å². The van der Waals surface area contributed by atoms with E-state index in [2.05, 4.69) is 54.2 Å². The number of nitrogens with zero attached hydrogens (tertiary/aromatic N) is 3. The third-order valence-electron chi connectivity index (χ3n) is 3.63. The quantitative estimate of drug-likeness (QED) is 0.790. The maximum atomic E-state index is 8.76. The lowest BCUT2D eigenvalue weighted by atomic mass is 10.1. The summed E-state index contributed by atoms with van der Waals surface area (Å²) < 4.78 is 0. The van der Waals surface area contributed by atoms with Crippen LogP contribution in [0.5, 0.6) is 0 Å². The van der Waals surface area contributed by atoms with Crippen LogP contribution in [0.2, 0.25) is 0 Å². The zero-order valence-corrected chi connectivity index (χ0v) is 13.1. The summed E-state index contributed by atoms with van der Waals surface area (Å²) in [5.41, 5.74) is 2.15. The first-order valence-electron chi connectivity index (χ1n) is 7.43. The molecule has 0 saturated carbocycles. The fourth-order valence-electron chi connectivity index (χ4n) is 2.11. The molecule has 0 aliphatic carbocycles. The van der Waals surface area contributed by atoms with E-state index in [1.54, 1.807) is 0 Å². The van der Waals surface area contributed by atoms with Gasteiger partial charge in [0.25, 0.3) is 0 Å². The monoisotopic (exact) mass is 274 g/mol. The van der Waals surface area contributed by atoms with Gasteiger partial charge in [0, 0.05) is 19.1 Å². The van der Waals surface area contributed by atoms with Gasteiger partial charge < -0.3 is 10.2 Å². The molecule has 1 rings (SSSR count). The van der Waals surface area contributed by atoms with Gasteiger partial charge in [-0.15, -0.1) is 0 Å². The lowest BCUT2D eigenvalue weighted by Gasteiger charge is -2.25. The highest BCUT2D eigenvalue weighted by molar-refractivity contribution is 5.45. The van der Waals surface area contributed by atoms with Gasteiger partial charge in [-0.25, -0.2) is 0 Å². The van der Waals surface area contributed by atoms with Gasteiger partial charge in [0.05, 0.1) is 30.1 Å². The Morgan fingerprint density at radius 1 is 1.40 bits per heavy atom. The average molecular weight is 274 g/mol. The Morgan fingerprint density at radius 3 is 2.65 bits per heavy atom. The SMILES string of the molecule is CCCNC(CC)c1ccc(N(C)C(C)CC#N)cn1. The molecular formula is C16H26N4. The van der Waals surface area contributed by atoms with Crippen molar-refractivity contribution in [2.45, 2.75) is 52.1 Å². The molecule has 1 heterocycles. The minimum Gasteiger partial charge on any atom is -0.370 e. The Bertz CT molecular complexity index is 421. The zero-order chi connectivity index (χ0) is 15.0. The average Bonchev–Trinajstić information content (AvgIpc) is 2.48. The third-order valence-corrected chi connectivity index (χ3v) is 3.63. The minimum absolute atomic E-state index is 0.202. The maximum Gasteiger partial charge on any atom is 0.0643 e. The molecule has 110 valence electrons. The molecule has 0 fully saturated rings. The largest absolute Gasteiger partial charge is 0.370 e. The third kappa shape index (κ3) is 4.50. The summed E-state index contributed by atoms with van der Waals surface area (Å²) in [6.07, 6.45) is 4.59. The molecule has 0 aliphatic heterocycles. The van der Waals surface area contributed by atoms with Crippen molar-refractivity contribution in [2.75, 3.05) is 18.5 Å². The molecule has 0 radical (unpaired) electrons. The number of hydrogen-bond acceptors (Lipinski definition) is 4. The molecular weight excluding hydrogens is 248 g/mol. The van der Waals surface area contributed by atoms with Crippen LogP contribution >= 0.6 is 0 Å². The lowest BCUT2D eigenvalue weighted by Crippen LogP contribution is -2.28. The maximum absolute atomic E-state index is 8.76. The van der Waals surface area contributed by atoms with Crippen molar-refractivity contribution in [2.24, 2.45) is 0 Å². The fourth-order valence-corrected chi connectivity index (χ4v) is 2.11. The highest BCUT2D eigenvalue weighted by Gasteiger charge is 2.12. The van der Waals surface area contributed by atoms with E-state index in [4.69, 9.17) is 5.26 Å². The van der Waals surface area contributed by atoms with E-state index in [1.807, 2.05) is 13.2 Å². The summed E-state index contributed by atoms with van der Waals surface area (Å²) in [5, 5.41) is 12.3. The Kier molecular flexibility index (Phi) is 7.03. The topological polar surface area (TPSA) is 52.0 Å². The van der Waals surface area contributed by atoms with Gasteiger partial charge in [-0.2, -0.15) is 5.26 Å². The van der Waals surface area contributed by atoms with Gasteiger partial charge in [0.2, 0.25) is 0 Å². The Balaban J connectivity index is 2.74. The van der Waals surface area contributed by atoms with Crippen molar-refractivity contribution < 1.29 is 0 Å². The first-order valence-corrected chi connectivity index (χ1v) is 7.43. The lowest BCUT2D eigenvalue weighted by molar-refractivity contribution is 0.507. The van der Waals surface area contributed by atoms with E-state index >= 15 is 0 Å². The molecule has 0 aromatic carbocycles. The summed E-state index contributed by atoms with van der Waals surface area (Å²) in [4.78, 5) is 6.68. The molecule has 1 N–H and O–H groups in total. The second-order valence-electron chi connectivity index (χ2n) is 5.18. The van der Waals surface area contributed by atoms with Crippen LogP contribution in [0, 0.1) is 11.3 Å². The summed E-state index contributed by atoms with van der Waals surface area (Å²) in [6.45, 7) is 7.40. The number of nitrogens with one attached hydrogen (secondary N) is 1. The van der Waals surface area contributed by atoms with E-state index in [0.717, 1.165) is 30.8 Å². The van der Waals surface area contributed by atoms with Gasteiger partial charge in [-0.1, -0.05) is 13.8 Å². The van der Waals surface area contributed by atoms with E-state index < -0.39 is 0 Å². The van der Waals surface area contributed by atoms with Crippen molar-refractivity contribution in [3.63, 3.8) is 0 Å². The van der Waals surface area contributed by atoms with Gasteiger partial charge >= 0.3 is 0 Å². The van der Waals surface area contributed by atoms with Crippen molar-refractivity contribution in [1.82, 2.24) is 10.3 Å². The molecule has 0 spiro atoms. The standard InChI is InChI=1S/C16H26N4/c1-5-11-18-15(6-2)16-8-7-14(12-19-16)20(4)13(3)9-10-17/h7-8,12-13,15,18H,5-6,9,11H2,1-4H3. The molecule has 4 heteroatoms. The van der Waals surface area contributed by atoms with Crippen molar-refractivity contribution in [3.05, 3.63) is 24.0 Å². The van der Waals surface area contributed by atoms with Gasteiger partial charge in [0.1, 0.15) is 0 Å². The summed E-state index contributed by atoms with van der Waals surface area (Å²) in [5.74, 6) is 0. The second-order valence-corrected chi connectivity index (χ2v) is 5.18. The predicted octanol–water partition coefficient (Wildman–Crippen LogP) is 3.27. The van der Waals surface area contributed by atoms with Crippen LogP contribution in [0.25, 0.3) is 0 Å². The molecule has 4 nitrogen and oxygen atoms in total. The first kappa shape index (κ1) is 16.5. The number of rotatable bonds is 8. The minimum atomic E-state index is 0.202. The number of pyridine rings is 1. The van der Waals surface area contributed by atoms with Crippen LogP contribution in [0.4, 0.5) is 5.69 Å². The predicted molar refractivity (Wildman–Crippen MR) is 83.7 cm³/mol. The second kappa shape index (κ2) is 8.55. The summed E-state index contributed by atoms with van der Waals surface area (Å²) in [7, 11) is 2.01. The smallest absolute Gasteiger partial charge is 0.0643 e. The first-order chi connectivity index (χ1) is 9.63. The molecule has 0 bridgehead atoms. The Hall–Kier alpha value is -1.60. The fraction of sp³-hybridized carbons (Fsp3) is 0.625. The summed E-state index contributed by atoms with van der Waals surface area (Å²) >= 11 is 0. The molecule has 0 saturated heterocycles. The van der Waals surface area contributed by atoms with Crippen LogP contribution in [0.3, 0.4) is 0 Å². The van der Waals surface area contributed by atoms with E-state index in [0.29, 0.717) is 12.5 Å². The molecule has 20 heavy (non-hydrogen) atoms. The van der Waals surface area contributed by atoms with Crippen LogP contribution in [-0.2, 0) is 0 Å². The van der Waals surface area contributed by atoms with Crippen LogP contribution in [0.15, 0.2) is 18.3 Å². The normalized spacial score (nSPS) is 13.6. The van der Waals surface area contributed by atoms with E-state index in [1.165, 1.54) is 0 Å². The Labute approximate surface area is 122 Å². The van der Waals surface area contributed by atoms with Gasteiger partial charge in [-0.3, -0.25) is 4.98 Å². The highest BCUT2D eigenvalue weighted by atomic mass is 15.1. The molecule has 0 amide bonds. The molecule has 1 aromatic heterocycles. The van der Waals surface area contributed by atoms with Crippen LogP contribution in [0.1, 0.15) is 51.8 Å².